The molecule has 2 aromatic rings. The van der Waals surface area contributed by atoms with Crippen LogP contribution in [-0.4, -0.2) is 81.5 Å². The van der Waals surface area contributed by atoms with Crippen molar-refractivity contribution in [3.8, 4) is 23.0 Å². The van der Waals surface area contributed by atoms with Crippen molar-refractivity contribution in [2.45, 2.75) is 63.4 Å². The Morgan fingerprint density at radius 3 is 1.95 bits per heavy atom. The molecule has 3 heterocycles. The fraction of sp³-hybridized carbons (Fsp3) is 0.533. The van der Waals surface area contributed by atoms with E-state index in [9.17, 15) is 9.59 Å². The Labute approximate surface area is 235 Å². The number of piperazine rings is 1. The van der Waals surface area contributed by atoms with Gasteiger partial charge in [0.2, 0.25) is 5.91 Å². The number of likely N-dealkylation sites (N-methyl/N-ethyl adjacent to an activating group) is 1. The predicted octanol–water partition coefficient (Wildman–Crippen LogP) is 3.65. The Kier molecular flexibility index (Phi) is 7.24. The molecule has 0 aromatic heterocycles. The van der Waals surface area contributed by atoms with E-state index in [1.807, 2.05) is 57.0 Å². The lowest BCUT2D eigenvalue weighted by molar-refractivity contribution is -0.156. The van der Waals surface area contributed by atoms with Crippen LogP contribution in [0.1, 0.15) is 55.1 Å². The molecule has 2 aromatic carbocycles. The minimum Gasteiger partial charge on any atom is -0.493 e. The average Bonchev–Trinajstić information content (AvgIpc) is 2.91. The molecular weight excluding hydrogens is 514 g/mol. The lowest BCUT2D eigenvalue weighted by atomic mass is 9.74. The van der Waals surface area contributed by atoms with Crippen LogP contribution in [0.25, 0.3) is 0 Å². The van der Waals surface area contributed by atoms with Crippen LogP contribution in [0.15, 0.2) is 24.3 Å². The van der Waals surface area contributed by atoms with Crippen LogP contribution in [0, 0.1) is 0 Å². The summed E-state index contributed by atoms with van der Waals surface area (Å²) in [5.41, 5.74) is 3.52. The molecule has 3 aliphatic rings. The van der Waals surface area contributed by atoms with Crippen molar-refractivity contribution in [3.05, 3.63) is 46.5 Å². The number of carbonyl (C=O) groups is 2. The number of rotatable bonds is 6. The number of carbonyl (C=O) groups excluding carboxylic acids is 2. The summed E-state index contributed by atoms with van der Waals surface area (Å²) < 4.78 is 28.0. The van der Waals surface area contributed by atoms with Crippen LogP contribution in [0.4, 0.5) is 4.79 Å². The van der Waals surface area contributed by atoms with Gasteiger partial charge in [-0.15, -0.1) is 0 Å². The zero-order valence-electron chi connectivity index (χ0n) is 24.5. The zero-order valence-corrected chi connectivity index (χ0v) is 24.5. The van der Waals surface area contributed by atoms with Crippen molar-refractivity contribution in [2.75, 3.05) is 42.0 Å². The van der Waals surface area contributed by atoms with Gasteiger partial charge in [0.15, 0.2) is 23.0 Å². The number of methoxy groups -OCH3 is 4. The van der Waals surface area contributed by atoms with Crippen LogP contribution in [0.5, 0.6) is 23.0 Å². The number of hydrogen-bond donors (Lipinski definition) is 1. The van der Waals surface area contributed by atoms with Crippen LogP contribution in [0.3, 0.4) is 0 Å². The Morgan fingerprint density at radius 2 is 1.40 bits per heavy atom. The van der Waals surface area contributed by atoms with E-state index in [-0.39, 0.29) is 30.6 Å². The van der Waals surface area contributed by atoms with E-state index >= 15 is 0 Å². The van der Waals surface area contributed by atoms with Gasteiger partial charge < -0.3 is 33.9 Å². The summed E-state index contributed by atoms with van der Waals surface area (Å²) in [7, 11) is 8.47. The molecule has 1 fully saturated rings. The number of amides is 2. The fourth-order valence-corrected chi connectivity index (χ4v) is 6.48. The van der Waals surface area contributed by atoms with Crippen molar-refractivity contribution >= 4 is 12.0 Å². The Balaban J connectivity index is 1.62. The first kappa shape index (κ1) is 27.9. The third kappa shape index (κ3) is 4.68. The first-order chi connectivity index (χ1) is 19.0. The highest BCUT2D eigenvalue weighted by Crippen LogP contribution is 2.50. The number of nitrogens with zero attached hydrogens (tertiary/aromatic N) is 2. The summed E-state index contributed by atoms with van der Waals surface area (Å²) in [6.45, 7) is 5.66. The van der Waals surface area contributed by atoms with Gasteiger partial charge in [-0.2, -0.15) is 0 Å². The van der Waals surface area contributed by atoms with Crippen LogP contribution in [0.2, 0.25) is 0 Å². The Hall–Kier alpha value is -3.66. The second kappa shape index (κ2) is 10.4. The minimum atomic E-state index is -0.641. The molecule has 0 unspecified atom stereocenters. The second-order valence-corrected chi connectivity index (χ2v) is 11.6. The maximum absolute atomic E-state index is 14.3. The molecule has 40 heavy (non-hydrogen) atoms. The lowest BCUT2D eigenvalue weighted by Gasteiger charge is -2.57. The largest absolute Gasteiger partial charge is 0.493 e. The summed E-state index contributed by atoms with van der Waals surface area (Å²) in [5.74, 6) is 2.53. The predicted molar refractivity (Wildman–Crippen MR) is 148 cm³/mol. The number of hydrogen-bond acceptors (Lipinski definition) is 8. The van der Waals surface area contributed by atoms with Crippen LogP contribution >= 0.6 is 0 Å². The molecule has 10 nitrogen and oxygen atoms in total. The first-order valence-corrected chi connectivity index (χ1v) is 13.5. The Bertz CT molecular complexity index is 1320. The SMILES string of the molecule is COc1cc2c(cc1OC)[C@@H]1[C@@H]3Cc4cc(OC)c(OC)cc4[C@H](CNC(=O)OC(C)(C)C)N3C(=O)[C@H](C2)N1C. The number of benzene rings is 2. The highest BCUT2D eigenvalue weighted by molar-refractivity contribution is 5.86. The van der Waals surface area contributed by atoms with E-state index < -0.39 is 17.7 Å². The molecule has 216 valence electrons. The monoisotopic (exact) mass is 553 g/mol. The lowest BCUT2D eigenvalue weighted by Crippen LogP contribution is -2.67. The highest BCUT2D eigenvalue weighted by Gasteiger charge is 2.53. The first-order valence-electron chi connectivity index (χ1n) is 13.5. The normalized spacial score (nSPS) is 23.4. The topological polar surface area (TPSA) is 98.8 Å². The van der Waals surface area contributed by atoms with E-state index in [0.717, 1.165) is 22.3 Å². The van der Waals surface area contributed by atoms with Gasteiger partial charge >= 0.3 is 6.09 Å². The van der Waals surface area contributed by atoms with Crippen LogP contribution in [-0.2, 0) is 22.4 Å². The molecule has 1 N–H and O–H groups in total. The quantitative estimate of drug-likeness (QED) is 0.579. The molecule has 0 radical (unpaired) electrons. The number of ether oxygens (including phenoxy) is 5. The van der Waals surface area contributed by atoms with Crippen molar-refractivity contribution in [3.63, 3.8) is 0 Å². The molecule has 1 saturated heterocycles. The van der Waals surface area contributed by atoms with Gasteiger partial charge in [-0.05, 0) is 87.2 Å². The molecule has 3 aliphatic heterocycles. The van der Waals surface area contributed by atoms with Gasteiger partial charge in [-0.1, -0.05) is 0 Å². The van der Waals surface area contributed by atoms with Crippen molar-refractivity contribution in [2.24, 2.45) is 0 Å². The summed E-state index contributed by atoms with van der Waals surface area (Å²) in [5, 5.41) is 2.92. The highest BCUT2D eigenvalue weighted by atomic mass is 16.6. The van der Waals surface area contributed by atoms with Gasteiger partial charge in [-0.3, -0.25) is 9.69 Å². The van der Waals surface area contributed by atoms with E-state index in [1.165, 1.54) is 0 Å². The summed E-state index contributed by atoms with van der Waals surface area (Å²) >= 11 is 0. The average molecular weight is 554 g/mol. The van der Waals surface area contributed by atoms with E-state index in [4.69, 9.17) is 23.7 Å². The molecule has 0 aliphatic carbocycles. The molecule has 4 atom stereocenters. The third-order valence-corrected chi connectivity index (χ3v) is 8.18. The van der Waals surface area contributed by atoms with Crippen molar-refractivity contribution in [1.82, 2.24) is 15.1 Å². The summed E-state index contributed by atoms with van der Waals surface area (Å²) in [4.78, 5) is 31.1. The third-order valence-electron chi connectivity index (χ3n) is 8.18. The summed E-state index contributed by atoms with van der Waals surface area (Å²) in [6, 6.07) is 6.90. The van der Waals surface area contributed by atoms with E-state index in [0.29, 0.717) is 35.8 Å². The second-order valence-electron chi connectivity index (χ2n) is 11.6. The fourth-order valence-electron chi connectivity index (χ4n) is 6.48. The molecule has 0 spiro atoms. The molecular formula is C30H39N3O7. The maximum atomic E-state index is 14.3. The van der Waals surface area contributed by atoms with E-state index in [1.54, 1.807) is 28.4 Å². The number of alkyl carbamates (subject to hydrolysis) is 1. The minimum absolute atomic E-state index is 0.0283. The standard InChI is InChI=1S/C30H39N3O7/c1-30(2,3)40-29(35)31-15-22-18-13-25(38-7)23(36-5)11-16(18)9-20-27-19-14-26(39-8)24(37-6)12-17(19)10-21(32(27)4)28(34)33(20)22/h11-14,20-22,27H,9-10,15H2,1-8H3,(H,31,35)/t20-,21-,22-,27+/m0/s1. The van der Waals surface area contributed by atoms with Gasteiger partial charge in [-0.25, -0.2) is 4.79 Å². The zero-order chi connectivity index (χ0) is 28.9. The number of fused-ring (bicyclic) bond motifs is 7. The Morgan fingerprint density at radius 1 is 0.875 bits per heavy atom. The molecule has 5 rings (SSSR count). The van der Waals surface area contributed by atoms with Crippen LogP contribution < -0.4 is 24.3 Å². The van der Waals surface area contributed by atoms with Gasteiger partial charge in [0.1, 0.15) is 5.60 Å². The molecule has 0 saturated carbocycles. The van der Waals surface area contributed by atoms with Gasteiger partial charge in [0, 0.05) is 6.54 Å². The number of nitrogens with one attached hydrogen (secondary N) is 1. The maximum Gasteiger partial charge on any atom is 0.407 e. The molecule has 10 heteroatoms. The van der Waals surface area contributed by atoms with Gasteiger partial charge in [0.25, 0.3) is 0 Å². The van der Waals surface area contributed by atoms with E-state index in [2.05, 4.69) is 10.2 Å². The van der Waals surface area contributed by atoms with Crippen molar-refractivity contribution < 1.29 is 33.3 Å². The summed E-state index contributed by atoms with van der Waals surface area (Å²) in [6.07, 6.45) is 0.635. The van der Waals surface area contributed by atoms with Gasteiger partial charge in [0.05, 0.1) is 52.6 Å². The van der Waals surface area contributed by atoms with Crippen molar-refractivity contribution in [1.29, 1.82) is 0 Å². The molecule has 2 bridgehead atoms. The molecule has 2 amide bonds. The smallest absolute Gasteiger partial charge is 0.407 e.